The van der Waals surface area contributed by atoms with Crippen molar-refractivity contribution in [1.82, 2.24) is 4.31 Å². The minimum Gasteiger partial charge on any atom is -0.449 e. The number of hydrogen-bond donors (Lipinski definition) is 2. The summed E-state index contributed by atoms with van der Waals surface area (Å²) in [5.74, 6) is -0.770. The van der Waals surface area contributed by atoms with Crippen LogP contribution in [-0.2, 0) is 14.8 Å². The van der Waals surface area contributed by atoms with Crippen molar-refractivity contribution < 1.29 is 27.2 Å². The van der Waals surface area contributed by atoms with Crippen molar-refractivity contribution >= 4 is 55.7 Å². The van der Waals surface area contributed by atoms with E-state index < -0.39 is 15.9 Å². The molecule has 0 radical (unpaired) electrons. The molecule has 0 unspecified atom stereocenters. The number of carbonyl (C=O) groups is 2. The molecule has 1 saturated heterocycles. The van der Waals surface area contributed by atoms with Gasteiger partial charge in [0.25, 0.3) is 5.91 Å². The summed E-state index contributed by atoms with van der Waals surface area (Å²) in [6.07, 6.45) is 0. The van der Waals surface area contributed by atoms with Gasteiger partial charge in [-0.1, -0.05) is 29.8 Å². The minimum absolute atomic E-state index is 0.0194. The predicted octanol–water partition coefficient (Wildman–Crippen LogP) is 4.65. The summed E-state index contributed by atoms with van der Waals surface area (Å²) in [7, 11) is -3.66. The first kappa shape index (κ1) is 25.9. The Hall–Kier alpha value is -3.70. The van der Waals surface area contributed by atoms with Crippen molar-refractivity contribution in [1.29, 1.82) is 0 Å². The molecule has 9 nitrogen and oxygen atoms in total. The highest BCUT2D eigenvalue weighted by Gasteiger charge is 2.26. The Morgan fingerprint density at radius 2 is 1.68 bits per heavy atom. The fourth-order valence-electron chi connectivity index (χ4n) is 4.15. The highest BCUT2D eigenvalue weighted by atomic mass is 35.5. The summed E-state index contributed by atoms with van der Waals surface area (Å²) in [5, 5.41) is 6.91. The van der Waals surface area contributed by atoms with E-state index in [0.717, 1.165) is 0 Å². The Bertz CT molecular complexity index is 1590. The molecule has 2 heterocycles. The molecule has 1 aliphatic heterocycles. The van der Waals surface area contributed by atoms with E-state index in [2.05, 4.69) is 10.6 Å². The SMILES string of the molecule is O=C(CNc1c(C(=O)Nc2cccc(Cl)c2)oc2ccccc12)c1ccc(S(=O)(=O)N2CCOCC2)cc1. The van der Waals surface area contributed by atoms with E-state index in [4.69, 9.17) is 20.8 Å². The fourth-order valence-corrected chi connectivity index (χ4v) is 5.75. The van der Waals surface area contributed by atoms with Crippen LogP contribution in [0.25, 0.3) is 11.0 Å². The number of hydrogen-bond acceptors (Lipinski definition) is 7. The zero-order chi connectivity index (χ0) is 26.7. The first-order chi connectivity index (χ1) is 18.3. The molecule has 4 aromatic rings. The van der Waals surface area contributed by atoms with Crippen LogP contribution in [0.2, 0.25) is 5.02 Å². The van der Waals surface area contributed by atoms with Gasteiger partial charge in [-0.25, -0.2) is 8.42 Å². The van der Waals surface area contributed by atoms with Gasteiger partial charge in [0.15, 0.2) is 5.78 Å². The van der Waals surface area contributed by atoms with Crippen LogP contribution in [-0.4, -0.2) is 57.3 Å². The summed E-state index contributed by atoms with van der Waals surface area (Å²) in [6, 6.07) is 19.6. The number of para-hydroxylation sites is 1. The zero-order valence-electron chi connectivity index (χ0n) is 20.1. The number of rotatable bonds is 8. The van der Waals surface area contributed by atoms with Crippen molar-refractivity contribution in [3.8, 4) is 0 Å². The second kappa shape index (κ2) is 11.0. The molecule has 0 aliphatic carbocycles. The third-order valence-electron chi connectivity index (χ3n) is 6.09. The van der Waals surface area contributed by atoms with Gasteiger partial charge in [-0.2, -0.15) is 4.31 Å². The minimum atomic E-state index is -3.66. The van der Waals surface area contributed by atoms with E-state index in [9.17, 15) is 18.0 Å². The monoisotopic (exact) mass is 553 g/mol. The van der Waals surface area contributed by atoms with Crippen LogP contribution >= 0.6 is 11.6 Å². The van der Waals surface area contributed by atoms with Crippen molar-refractivity contribution in [2.24, 2.45) is 0 Å². The zero-order valence-corrected chi connectivity index (χ0v) is 21.7. The number of halogens is 1. The number of furan rings is 1. The molecule has 1 fully saturated rings. The van der Waals surface area contributed by atoms with Gasteiger partial charge >= 0.3 is 0 Å². The van der Waals surface area contributed by atoms with Gasteiger partial charge in [-0.05, 0) is 54.6 Å². The average Bonchev–Trinajstić information content (AvgIpc) is 3.31. The van der Waals surface area contributed by atoms with Gasteiger partial charge in [-0.3, -0.25) is 9.59 Å². The number of morpholine rings is 1. The molecule has 196 valence electrons. The number of ketones is 1. The highest BCUT2D eigenvalue weighted by molar-refractivity contribution is 7.89. The summed E-state index contributed by atoms with van der Waals surface area (Å²) in [4.78, 5) is 26.1. The highest BCUT2D eigenvalue weighted by Crippen LogP contribution is 2.32. The molecule has 1 aliphatic rings. The van der Waals surface area contributed by atoms with E-state index >= 15 is 0 Å². The molecular formula is C27H24ClN3O6S. The lowest BCUT2D eigenvalue weighted by Gasteiger charge is -2.26. The molecule has 0 atom stereocenters. The number of ether oxygens (including phenoxy) is 1. The van der Waals surface area contributed by atoms with E-state index in [1.807, 2.05) is 0 Å². The Kier molecular flexibility index (Phi) is 7.48. The summed E-state index contributed by atoms with van der Waals surface area (Å²) in [6.45, 7) is 1.14. The quantitative estimate of drug-likeness (QED) is 0.305. The van der Waals surface area contributed by atoms with E-state index in [-0.39, 0.29) is 23.0 Å². The maximum Gasteiger partial charge on any atom is 0.293 e. The lowest BCUT2D eigenvalue weighted by atomic mass is 10.1. The second-order valence-corrected chi connectivity index (χ2v) is 11.0. The largest absolute Gasteiger partial charge is 0.449 e. The Labute approximate surface area is 224 Å². The molecule has 0 bridgehead atoms. The summed E-state index contributed by atoms with van der Waals surface area (Å²) in [5.41, 5.74) is 1.68. The molecule has 0 saturated carbocycles. The molecule has 2 N–H and O–H groups in total. The summed E-state index contributed by atoms with van der Waals surface area (Å²) >= 11 is 6.02. The van der Waals surface area contributed by atoms with Crippen LogP contribution in [0.4, 0.5) is 11.4 Å². The third-order valence-corrected chi connectivity index (χ3v) is 8.24. The van der Waals surface area contributed by atoms with Crippen LogP contribution in [0.1, 0.15) is 20.9 Å². The number of fused-ring (bicyclic) bond motifs is 1. The van der Waals surface area contributed by atoms with E-state index in [0.29, 0.717) is 59.2 Å². The Morgan fingerprint density at radius 3 is 2.42 bits per heavy atom. The third kappa shape index (κ3) is 5.44. The van der Waals surface area contributed by atoms with Crippen molar-refractivity contribution in [2.45, 2.75) is 4.90 Å². The number of carbonyl (C=O) groups excluding carboxylic acids is 2. The second-order valence-electron chi connectivity index (χ2n) is 8.58. The summed E-state index contributed by atoms with van der Waals surface area (Å²) < 4.78 is 38.1. The van der Waals surface area contributed by atoms with Gasteiger partial charge in [-0.15, -0.1) is 0 Å². The van der Waals surface area contributed by atoms with Crippen molar-refractivity contribution in [3.05, 3.63) is 89.1 Å². The topological polar surface area (TPSA) is 118 Å². The number of sulfonamides is 1. The number of anilines is 2. The number of amides is 1. The lowest BCUT2D eigenvalue weighted by Crippen LogP contribution is -2.40. The smallest absolute Gasteiger partial charge is 0.293 e. The number of Topliss-reactive ketones (excluding diaryl/α,β-unsaturated/α-hetero) is 1. The Balaban J connectivity index is 1.33. The first-order valence-electron chi connectivity index (χ1n) is 11.9. The van der Waals surface area contributed by atoms with Crippen LogP contribution in [0.15, 0.2) is 82.1 Å². The van der Waals surface area contributed by atoms with Crippen molar-refractivity contribution in [3.63, 3.8) is 0 Å². The average molecular weight is 554 g/mol. The number of nitrogens with one attached hydrogen (secondary N) is 2. The van der Waals surface area contributed by atoms with Crippen LogP contribution in [0, 0.1) is 0 Å². The first-order valence-corrected chi connectivity index (χ1v) is 13.7. The maximum absolute atomic E-state index is 13.1. The molecule has 0 spiro atoms. The predicted molar refractivity (Wildman–Crippen MR) is 144 cm³/mol. The fraction of sp³-hybridized carbons (Fsp3) is 0.185. The maximum atomic E-state index is 13.1. The van der Waals surface area contributed by atoms with E-state index in [1.165, 1.54) is 28.6 Å². The molecule has 3 aromatic carbocycles. The number of nitrogens with zero attached hydrogens (tertiary/aromatic N) is 1. The standard InChI is InChI=1S/C27H24ClN3O6S/c28-19-4-3-5-20(16-19)30-27(33)26-25(22-6-1-2-7-24(22)37-26)29-17-23(32)18-8-10-21(11-9-18)38(34,35)31-12-14-36-15-13-31/h1-11,16,29H,12-15,17H2,(H,30,33). The van der Waals surface area contributed by atoms with Gasteiger partial charge < -0.3 is 19.8 Å². The van der Waals surface area contributed by atoms with Crippen LogP contribution < -0.4 is 10.6 Å². The van der Waals surface area contributed by atoms with Crippen molar-refractivity contribution in [2.75, 3.05) is 43.5 Å². The molecule has 5 rings (SSSR count). The lowest BCUT2D eigenvalue weighted by molar-refractivity contribution is 0.0730. The van der Waals surface area contributed by atoms with Gasteiger partial charge in [0, 0.05) is 34.7 Å². The Morgan fingerprint density at radius 1 is 0.947 bits per heavy atom. The van der Waals surface area contributed by atoms with E-state index in [1.54, 1.807) is 48.5 Å². The van der Waals surface area contributed by atoms with Gasteiger partial charge in [0.05, 0.1) is 30.3 Å². The molecule has 1 amide bonds. The van der Waals surface area contributed by atoms with Gasteiger partial charge in [0.2, 0.25) is 15.8 Å². The molecule has 1 aromatic heterocycles. The van der Waals surface area contributed by atoms with Crippen LogP contribution in [0.5, 0.6) is 0 Å². The normalized spacial score (nSPS) is 14.3. The van der Waals surface area contributed by atoms with Crippen LogP contribution in [0.3, 0.4) is 0 Å². The van der Waals surface area contributed by atoms with Gasteiger partial charge in [0.1, 0.15) is 5.58 Å². The molecular weight excluding hydrogens is 530 g/mol. The number of benzene rings is 3. The molecule has 38 heavy (non-hydrogen) atoms. The molecule has 11 heteroatoms.